The second-order valence-corrected chi connectivity index (χ2v) is 6.62. The lowest BCUT2D eigenvalue weighted by Gasteiger charge is -2.14. The molecule has 0 saturated carbocycles. The second-order valence-electron chi connectivity index (χ2n) is 4.66. The quantitative estimate of drug-likeness (QED) is 0.719. The monoisotopic (exact) mass is 451 g/mol. The first-order chi connectivity index (χ1) is 9.43. The molecule has 6 heteroatoms. The smallest absolute Gasteiger partial charge is 0.124 e. The summed E-state index contributed by atoms with van der Waals surface area (Å²) in [5.41, 5.74) is 9.33. The van der Waals surface area contributed by atoms with Crippen LogP contribution < -0.4 is 5.73 Å². The fourth-order valence-electron chi connectivity index (χ4n) is 2.16. The number of aryl methyl sites for hydroxylation is 2. The molecule has 1 aromatic carbocycles. The Bertz CT molecular complexity index is 627. The van der Waals surface area contributed by atoms with E-state index < -0.39 is 0 Å². The first-order valence-electron chi connectivity index (χ1n) is 6.34. The van der Waals surface area contributed by atoms with E-state index in [1.807, 2.05) is 11.7 Å². The Hall–Kier alpha value is -0.470. The molecule has 0 aliphatic carbocycles. The van der Waals surface area contributed by atoms with Gasteiger partial charge in [-0.3, -0.25) is 4.68 Å². The third kappa shape index (κ3) is 3.23. The summed E-state index contributed by atoms with van der Waals surface area (Å²) in [6.45, 7) is 2.07. The van der Waals surface area contributed by atoms with Gasteiger partial charge >= 0.3 is 0 Å². The van der Waals surface area contributed by atoms with Crippen molar-refractivity contribution >= 4 is 38.5 Å². The first kappa shape index (κ1) is 15.9. The predicted octanol–water partition coefficient (Wildman–Crippen LogP) is 3.73. The molecule has 2 N–H and O–H groups in total. The first-order valence-corrected chi connectivity index (χ1v) is 8.22. The van der Waals surface area contributed by atoms with Crippen LogP contribution in [0.25, 0.3) is 0 Å². The number of nitrogens with zero attached hydrogens (tertiary/aromatic N) is 2. The van der Waals surface area contributed by atoms with Gasteiger partial charge in [0.15, 0.2) is 0 Å². The van der Waals surface area contributed by atoms with Crippen molar-refractivity contribution < 1.29 is 4.39 Å². The maximum Gasteiger partial charge on any atom is 0.124 e. The summed E-state index contributed by atoms with van der Waals surface area (Å²) in [7, 11) is 1.92. The Morgan fingerprint density at radius 1 is 1.50 bits per heavy atom. The summed E-state index contributed by atoms with van der Waals surface area (Å²) >= 11 is 5.71. The lowest BCUT2D eigenvalue weighted by atomic mass is 10.0. The van der Waals surface area contributed by atoms with Gasteiger partial charge in [0.1, 0.15) is 5.82 Å². The minimum atomic E-state index is -0.236. The molecule has 0 bridgehead atoms. The average Bonchev–Trinajstić information content (AvgIpc) is 2.66. The van der Waals surface area contributed by atoms with Crippen LogP contribution >= 0.6 is 38.5 Å². The van der Waals surface area contributed by atoms with E-state index in [2.05, 4.69) is 50.5 Å². The molecule has 1 heterocycles. The Balaban J connectivity index is 2.27. The van der Waals surface area contributed by atoms with Crippen molar-refractivity contribution in [3.63, 3.8) is 0 Å². The van der Waals surface area contributed by atoms with Crippen molar-refractivity contribution in [3.8, 4) is 0 Å². The average molecular weight is 452 g/mol. The Morgan fingerprint density at radius 2 is 2.20 bits per heavy atom. The second kappa shape index (κ2) is 6.53. The van der Waals surface area contributed by atoms with Crippen molar-refractivity contribution in [2.24, 2.45) is 12.8 Å². The summed E-state index contributed by atoms with van der Waals surface area (Å²) in [4.78, 5) is 0. The third-order valence-electron chi connectivity index (χ3n) is 3.28. The molecule has 0 aliphatic rings. The van der Waals surface area contributed by atoms with Gasteiger partial charge in [0.25, 0.3) is 0 Å². The number of rotatable bonds is 4. The molecule has 0 amide bonds. The van der Waals surface area contributed by atoms with Gasteiger partial charge in [0.05, 0.1) is 15.9 Å². The van der Waals surface area contributed by atoms with Gasteiger partial charge in [-0.2, -0.15) is 5.10 Å². The summed E-state index contributed by atoms with van der Waals surface area (Å²) in [5.74, 6) is -0.236. The maximum absolute atomic E-state index is 13.1. The Labute approximate surface area is 140 Å². The zero-order valence-corrected chi connectivity index (χ0v) is 15.1. The molecule has 2 rings (SSSR count). The molecule has 1 aromatic heterocycles. The lowest BCUT2D eigenvalue weighted by molar-refractivity contribution is 0.616. The largest absolute Gasteiger partial charge is 0.324 e. The molecule has 108 valence electrons. The van der Waals surface area contributed by atoms with E-state index in [1.54, 1.807) is 6.07 Å². The van der Waals surface area contributed by atoms with Crippen molar-refractivity contribution in [1.29, 1.82) is 0 Å². The molecule has 1 unspecified atom stereocenters. The molecule has 0 saturated heterocycles. The predicted molar refractivity (Wildman–Crippen MR) is 90.0 cm³/mol. The zero-order chi connectivity index (χ0) is 14.9. The number of benzene rings is 1. The molecule has 1 atom stereocenters. The Kier molecular flexibility index (Phi) is 5.19. The van der Waals surface area contributed by atoms with E-state index in [0.29, 0.717) is 6.42 Å². The molecule has 3 nitrogen and oxygen atoms in total. The van der Waals surface area contributed by atoms with Gasteiger partial charge in [0, 0.05) is 23.1 Å². The van der Waals surface area contributed by atoms with E-state index in [-0.39, 0.29) is 11.9 Å². The molecule has 0 aliphatic heterocycles. The van der Waals surface area contributed by atoms with E-state index in [1.165, 1.54) is 12.1 Å². The van der Waals surface area contributed by atoms with E-state index in [4.69, 9.17) is 5.73 Å². The van der Waals surface area contributed by atoms with Crippen LogP contribution in [0.2, 0.25) is 0 Å². The van der Waals surface area contributed by atoms with Crippen LogP contribution in [0.15, 0.2) is 22.7 Å². The number of hydrogen-bond acceptors (Lipinski definition) is 2. The third-order valence-corrected chi connectivity index (χ3v) is 5.13. The summed E-state index contributed by atoms with van der Waals surface area (Å²) < 4.78 is 16.9. The topological polar surface area (TPSA) is 43.8 Å². The van der Waals surface area contributed by atoms with Gasteiger partial charge in [0.2, 0.25) is 0 Å². The number of hydrogen-bond donors (Lipinski definition) is 1. The Morgan fingerprint density at radius 3 is 2.75 bits per heavy atom. The van der Waals surface area contributed by atoms with Crippen LogP contribution in [-0.4, -0.2) is 9.78 Å². The number of nitrogens with two attached hydrogens (primary N) is 1. The van der Waals surface area contributed by atoms with Crippen molar-refractivity contribution in [2.45, 2.75) is 25.8 Å². The highest BCUT2D eigenvalue weighted by molar-refractivity contribution is 14.1. The number of aromatic nitrogens is 2. The normalized spacial score (nSPS) is 12.7. The van der Waals surface area contributed by atoms with E-state index >= 15 is 0 Å². The fourth-order valence-corrected chi connectivity index (χ4v) is 3.82. The highest BCUT2D eigenvalue weighted by Crippen LogP contribution is 2.27. The van der Waals surface area contributed by atoms with Gasteiger partial charge in [-0.05, 0) is 62.6 Å². The van der Waals surface area contributed by atoms with Crippen LogP contribution in [0.1, 0.15) is 29.9 Å². The zero-order valence-electron chi connectivity index (χ0n) is 11.3. The van der Waals surface area contributed by atoms with Crippen LogP contribution in [0.4, 0.5) is 4.39 Å². The van der Waals surface area contributed by atoms with E-state index in [9.17, 15) is 4.39 Å². The van der Waals surface area contributed by atoms with Crippen LogP contribution in [0.5, 0.6) is 0 Å². The summed E-state index contributed by atoms with van der Waals surface area (Å²) in [6, 6.07) is 4.53. The minimum absolute atomic E-state index is 0.182. The molecule has 2 aromatic rings. The molecule has 0 fully saturated rings. The highest BCUT2D eigenvalue weighted by atomic mass is 127. The molecule has 0 radical (unpaired) electrons. The molecular formula is C14H16BrFIN3. The fraction of sp³-hybridized carbons (Fsp3) is 0.357. The van der Waals surface area contributed by atoms with Gasteiger partial charge < -0.3 is 5.73 Å². The molecule has 20 heavy (non-hydrogen) atoms. The SMILES string of the molecule is CCc1nn(C)c(CC(N)c2ccc(F)cc2I)c1Br. The lowest BCUT2D eigenvalue weighted by Crippen LogP contribution is -2.17. The van der Waals surface area contributed by atoms with Gasteiger partial charge in [-0.1, -0.05) is 13.0 Å². The van der Waals surface area contributed by atoms with Crippen molar-refractivity contribution in [3.05, 3.63) is 49.0 Å². The van der Waals surface area contributed by atoms with Gasteiger partial charge in [-0.15, -0.1) is 0 Å². The van der Waals surface area contributed by atoms with Crippen LogP contribution in [0, 0.1) is 9.39 Å². The van der Waals surface area contributed by atoms with E-state index in [0.717, 1.165) is 31.4 Å². The minimum Gasteiger partial charge on any atom is -0.324 e. The standard InChI is InChI=1S/C14H16BrFIN3/c1-3-12-14(15)13(20(2)19-12)7-11(18)9-5-4-8(16)6-10(9)17/h4-6,11H,3,7,18H2,1-2H3. The highest BCUT2D eigenvalue weighted by Gasteiger charge is 2.18. The molecular weight excluding hydrogens is 436 g/mol. The summed E-state index contributed by atoms with van der Waals surface area (Å²) in [6.07, 6.45) is 1.53. The van der Waals surface area contributed by atoms with Crippen LogP contribution in [-0.2, 0) is 19.9 Å². The number of halogens is 3. The molecule has 0 spiro atoms. The van der Waals surface area contributed by atoms with Crippen molar-refractivity contribution in [2.75, 3.05) is 0 Å². The van der Waals surface area contributed by atoms with Crippen LogP contribution in [0.3, 0.4) is 0 Å². The van der Waals surface area contributed by atoms with Crippen molar-refractivity contribution in [1.82, 2.24) is 9.78 Å². The van der Waals surface area contributed by atoms with Gasteiger partial charge in [-0.25, -0.2) is 4.39 Å². The maximum atomic E-state index is 13.1. The summed E-state index contributed by atoms with van der Waals surface area (Å²) in [5, 5.41) is 4.46.